The van der Waals surface area contributed by atoms with Gasteiger partial charge >= 0.3 is 0 Å². The molecule has 0 aliphatic heterocycles. The predicted molar refractivity (Wildman–Crippen MR) is 91.9 cm³/mol. The fraction of sp³-hybridized carbons (Fsp3) is 0.111. The molecule has 0 saturated heterocycles. The molecule has 0 atom stereocenters. The van der Waals surface area contributed by atoms with Crippen molar-refractivity contribution in [1.29, 1.82) is 0 Å². The van der Waals surface area contributed by atoms with E-state index in [0.717, 1.165) is 16.9 Å². The van der Waals surface area contributed by atoms with Crippen molar-refractivity contribution in [3.05, 3.63) is 77.9 Å². The number of aryl methyl sites for hydroxylation is 1. The molecular weight excluding hydrogens is 302 g/mol. The van der Waals surface area contributed by atoms with Crippen molar-refractivity contribution >= 4 is 17.5 Å². The van der Waals surface area contributed by atoms with Crippen LogP contribution in [0.25, 0.3) is 0 Å². The standard InChI is InChI=1S/C18H17N5O/c1-13-5-4-7-14(11-13)22-18-20-10-8-16(23-18)17(24)21-12-15-6-2-3-9-19-15/h2-11H,12H2,1H3,(H,21,24)(H,20,22,23). The second-order valence-electron chi connectivity index (χ2n) is 5.26. The molecule has 120 valence electrons. The number of carbonyl (C=O) groups excluding carboxylic acids is 1. The zero-order valence-electron chi connectivity index (χ0n) is 13.2. The van der Waals surface area contributed by atoms with Gasteiger partial charge in [0.05, 0.1) is 12.2 Å². The summed E-state index contributed by atoms with van der Waals surface area (Å²) in [5.74, 6) is 0.112. The van der Waals surface area contributed by atoms with Gasteiger partial charge in [0.25, 0.3) is 5.91 Å². The Hall–Kier alpha value is -3.28. The molecule has 0 spiro atoms. The number of carbonyl (C=O) groups is 1. The van der Waals surface area contributed by atoms with Crippen LogP contribution < -0.4 is 10.6 Å². The van der Waals surface area contributed by atoms with E-state index in [9.17, 15) is 4.79 Å². The number of amides is 1. The van der Waals surface area contributed by atoms with Crippen LogP contribution in [0, 0.1) is 6.92 Å². The Morgan fingerprint density at radius 1 is 1.04 bits per heavy atom. The summed E-state index contributed by atoms with van der Waals surface area (Å²) < 4.78 is 0. The lowest BCUT2D eigenvalue weighted by molar-refractivity contribution is 0.0945. The number of hydrogen-bond donors (Lipinski definition) is 2. The fourth-order valence-corrected chi connectivity index (χ4v) is 2.16. The number of pyridine rings is 1. The molecule has 2 heterocycles. The number of anilines is 2. The van der Waals surface area contributed by atoms with Crippen LogP contribution in [-0.4, -0.2) is 20.9 Å². The Balaban J connectivity index is 1.67. The van der Waals surface area contributed by atoms with Gasteiger partial charge in [-0.1, -0.05) is 18.2 Å². The molecule has 0 aliphatic carbocycles. The summed E-state index contributed by atoms with van der Waals surface area (Å²) in [6.07, 6.45) is 3.25. The van der Waals surface area contributed by atoms with Gasteiger partial charge in [-0.3, -0.25) is 9.78 Å². The largest absolute Gasteiger partial charge is 0.345 e. The third-order valence-corrected chi connectivity index (χ3v) is 3.32. The number of nitrogens with one attached hydrogen (secondary N) is 2. The molecule has 0 aliphatic rings. The minimum absolute atomic E-state index is 0.268. The van der Waals surface area contributed by atoms with Crippen LogP contribution in [0.5, 0.6) is 0 Å². The van der Waals surface area contributed by atoms with Gasteiger partial charge in [0.2, 0.25) is 5.95 Å². The van der Waals surface area contributed by atoms with Gasteiger partial charge in [-0.05, 0) is 42.8 Å². The minimum atomic E-state index is -0.268. The Labute approximate surface area is 140 Å². The van der Waals surface area contributed by atoms with Crippen LogP contribution in [-0.2, 0) is 6.54 Å². The van der Waals surface area contributed by atoms with Gasteiger partial charge in [0.1, 0.15) is 5.69 Å². The predicted octanol–water partition coefficient (Wildman–Crippen LogP) is 2.85. The Bertz CT molecular complexity index is 836. The van der Waals surface area contributed by atoms with Crippen LogP contribution >= 0.6 is 0 Å². The Morgan fingerprint density at radius 2 is 1.96 bits per heavy atom. The SMILES string of the molecule is Cc1cccc(Nc2nccc(C(=O)NCc3ccccn3)n2)c1. The highest BCUT2D eigenvalue weighted by molar-refractivity contribution is 5.92. The van der Waals surface area contributed by atoms with E-state index in [-0.39, 0.29) is 5.91 Å². The van der Waals surface area contributed by atoms with Crippen LogP contribution in [0.15, 0.2) is 60.9 Å². The molecule has 1 aromatic carbocycles. The van der Waals surface area contributed by atoms with E-state index in [1.165, 1.54) is 0 Å². The van der Waals surface area contributed by atoms with E-state index in [2.05, 4.69) is 25.6 Å². The van der Waals surface area contributed by atoms with Gasteiger partial charge in [-0.2, -0.15) is 0 Å². The third kappa shape index (κ3) is 4.13. The molecule has 6 nitrogen and oxygen atoms in total. The van der Waals surface area contributed by atoms with Crippen LogP contribution in [0.1, 0.15) is 21.7 Å². The van der Waals surface area contributed by atoms with Crippen molar-refractivity contribution in [3.8, 4) is 0 Å². The minimum Gasteiger partial charge on any atom is -0.345 e. The Morgan fingerprint density at radius 3 is 2.75 bits per heavy atom. The van der Waals surface area contributed by atoms with Gasteiger partial charge in [0, 0.05) is 18.1 Å². The van der Waals surface area contributed by atoms with Gasteiger partial charge < -0.3 is 10.6 Å². The molecule has 6 heteroatoms. The van der Waals surface area contributed by atoms with Crippen molar-refractivity contribution < 1.29 is 4.79 Å². The normalized spacial score (nSPS) is 10.2. The molecular formula is C18H17N5O. The molecule has 0 fully saturated rings. The van der Waals surface area contributed by atoms with E-state index >= 15 is 0 Å². The van der Waals surface area contributed by atoms with Crippen molar-refractivity contribution in [2.24, 2.45) is 0 Å². The summed E-state index contributed by atoms with van der Waals surface area (Å²) in [5, 5.41) is 5.90. The molecule has 24 heavy (non-hydrogen) atoms. The maximum absolute atomic E-state index is 12.2. The zero-order chi connectivity index (χ0) is 16.8. The maximum Gasteiger partial charge on any atom is 0.270 e. The highest BCUT2D eigenvalue weighted by atomic mass is 16.1. The second kappa shape index (κ2) is 7.32. The molecule has 0 unspecified atom stereocenters. The summed E-state index contributed by atoms with van der Waals surface area (Å²) in [6, 6.07) is 15.0. The van der Waals surface area contributed by atoms with Crippen molar-refractivity contribution in [2.75, 3.05) is 5.32 Å². The molecule has 0 bridgehead atoms. The lowest BCUT2D eigenvalue weighted by Crippen LogP contribution is -2.24. The topological polar surface area (TPSA) is 79.8 Å². The van der Waals surface area contributed by atoms with E-state index in [1.54, 1.807) is 18.5 Å². The molecule has 3 rings (SSSR count). The van der Waals surface area contributed by atoms with Gasteiger partial charge in [-0.15, -0.1) is 0 Å². The molecule has 0 radical (unpaired) electrons. The maximum atomic E-state index is 12.2. The van der Waals surface area contributed by atoms with Gasteiger partial charge in [-0.25, -0.2) is 9.97 Å². The van der Waals surface area contributed by atoms with Crippen LogP contribution in [0.3, 0.4) is 0 Å². The first-order valence-corrected chi connectivity index (χ1v) is 7.55. The number of hydrogen-bond acceptors (Lipinski definition) is 5. The summed E-state index contributed by atoms with van der Waals surface area (Å²) in [4.78, 5) is 24.8. The van der Waals surface area contributed by atoms with E-state index in [4.69, 9.17) is 0 Å². The molecule has 1 amide bonds. The first-order chi connectivity index (χ1) is 11.7. The van der Waals surface area contributed by atoms with Crippen LogP contribution in [0.4, 0.5) is 11.6 Å². The summed E-state index contributed by atoms with van der Waals surface area (Å²) in [5.41, 5.74) is 3.10. The van der Waals surface area contributed by atoms with E-state index in [0.29, 0.717) is 18.2 Å². The summed E-state index contributed by atoms with van der Waals surface area (Å²) in [6.45, 7) is 2.36. The number of rotatable bonds is 5. The van der Waals surface area contributed by atoms with Crippen LogP contribution in [0.2, 0.25) is 0 Å². The molecule has 3 aromatic rings. The fourth-order valence-electron chi connectivity index (χ4n) is 2.16. The zero-order valence-corrected chi connectivity index (χ0v) is 13.2. The van der Waals surface area contributed by atoms with Crippen molar-refractivity contribution in [2.45, 2.75) is 13.5 Å². The highest BCUT2D eigenvalue weighted by Gasteiger charge is 2.09. The number of aromatic nitrogens is 3. The monoisotopic (exact) mass is 319 g/mol. The van der Waals surface area contributed by atoms with Gasteiger partial charge in [0.15, 0.2) is 0 Å². The molecule has 0 saturated carbocycles. The summed E-state index contributed by atoms with van der Waals surface area (Å²) >= 11 is 0. The third-order valence-electron chi connectivity index (χ3n) is 3.32. The lowest BCUT2D eigenvalue weighted by atomic mass is 10.2. The smallest absolute Gasteiger partial charge is 0.270 e. The molecule has 2 aromatic heterocycles. The first-order valence-electron chi connectivity index (χ1n) is 7.55. The molecule has 2 N–H and O–H groups in total. The summed E-state index contributed by atoms with van der Waals surface area (Å²) in [7, 11) is 0. The average molecular weight is 319 g/mol. The lowest BCUT2D eigenvalue weighted by Gasteiger charge is -2.07. The highest BCUT2D eigenvalue weighted by Crippen LogP contribution is 2.14. The average Bonchev–Trinajstić information content (AvgIpc) is 2.61. The van der Waals surface area contributed by atoms with Crippen molar-refractivity contribution in [1.82, 2.24) is 20.3 Å². The second-order valence-corrected chi connectivity index (χ2v) is 5.26. The first kappa shape index (κ1) is 15.6. The van der Waals surface area contributed by atoms with Crippen molar-refractivity contribution in [3.63, 3.8) is 0 Å². The number of nitrogens with zero attached hydrogens (tertiary/aromatic N) is 3. The quantitative estimate of drug-likeness (QED) is 0.756. The number of benzene rings is 1. The van der Waals surface area contributed by atoms with E-state index in [1.807, 2.05) is 49.4 Å². The Kier molecular flexibility index (Phi) is 4.76. The van der Waals surface area contributed by atoms with E-state index < -0.39 is 0 Å².